The summed E-state index contributed by atoms with van der Waals surface area (Å²) in [5.74, 6) is 1.14. The van der Waals surface area contributed by atoms with Crippen LogP contribution in [0.3, 0.4) is 0 Å². The fraction of sp³-hybridized carbons (Fsp3) is 0.312. The summed E-state index contributed by atoms with van der Waals surface area (Å²) in [5, 5.41) is 0. The summed E-state index contributed by atoms with van der Waals surface area (Å²) < 4.78 is 2.23. The van der Waals surface area contributed by atoms with Crippen LogP contribution in [0, 0.1) is 12.8 Å². The van der Waals surface area contributed by atoms with Crippen molar-refractivity contribution in [3.63, 3.8) is 0 Å². The summed E-state index contributed by atoms with van der Waals surface area (Å²) in [6, 6.07) is 28.3. The number of nitrogens with two attached hydrogens (primary N) is 1. The zero-order valence-electron chi connectivity index (χ0n) is 22.2. The van der Waals surface area contributed by atoms with Gasteiger partial charge in [0.05, 0.1) is 11.7 Å². The van der Waals surface area contributed by atoms with E-state index in [4.69, 9.17) is 10.7 Å². The van der Waals surface area contributed by atoms with Crippen molar-refractivity contribution in [3.8, 4) is 11.3 Å². The van der Waals surface area contributed by atoms with Crippen LogP contribution in [-0.4, -0.2) is 33.4 Å². The molecule has 1 heterocycles. The minimum atomic E-state index is -0.188. The number of nitrogens with zero attached hydrogens (tertiary/aromatic N) is 3. The van der Waals surface area contributed by atoms with Crippen molar-refractivity contribution in [2.24, 2.45) is 11.7 Å². The van der Waals surface area contributed by atoms with Crippen LogP contribution in [0.25, 0.3) is 11.3 Å². The average molecular weight is 495 g/mol. The van der Waals surface area contributed by atoms with Gasteiger partial charge in [-0.2, -0.15) is 0 Å². The van der Waals surface area contributed by atoms with Crippen LogP contribution in [0.15, 0.2) is 91.1 Å². The van der Waals surface area contributed by atoms with Crippen molar-refractivity contribution in [2.45, 2.75) is 46.2 Å². The zero-order valence-corrected chi connectivity index (χ0v) is 22.2. The lowest BCUT2D eigenvalue weighted by molar-refractivity contribution is 0.0590. The molecule has 37 heavy (non-hydrogen) atoms. The van der Waals surface area contributed by atoms with Crippen molar-refractivity contribution < 1.29 is 4.79 Å². The number of aryl methyl sites for hydroxylation is 1. The highest BCUT2D eigenvalue weighted by Gasteiger charge is 2.33. The van der Waals surface area contributed by atoms with E-state index in [0.717, 1.165) is 35.5 Å². The second-order valence-corrected chi connectivity index (χ2v) is 9.80. The highest BCUT2D eigenvalue weighted by atomic mass is 16.2. The summed E-state index contributed by atoms with van der Waals surface area (Å²) in [5.41, 5.74) is 10.9. The predicted octanol–water partition coefficient (Wildman–Crippen LogP) is 6.49. The van der Waals surface area contributed by atoms with Crippen molar-refractivity contribution in [3.05, 3.63) is 114 Å². The molecule has 0 saturated heterocycles. The number of hydrogen-bond donors (Lipinski definition) is 1. The smallest absolute Gasteiger partial charge is 0.254 e. The minimum Gasteiger partial charge on any atom is -0.330 e. The van der Waals surface area contributed by atoms with Gasteiger partial charge in [0.15, 0.2) is 0 Å². The Kier molecular flexibility index (Phi) is 8.91. The largest absolute Gasteiger partial charge is 0.330 e. The molecule has 0 bridgehead atoms. The van der Waals surface area contributed by atoms with Gasteiger partial charge in [-0.05, 0) is 43.5 Å². The van der Waals surface area contributed by atoms with E-state index >= 15 is 0 Å². The normalized spacial score (nSPS) is 12.8. The molecular weight excluding hydrogens is 456 g/mol. The molecule has 0 aliphatic carbocycles. The van der Waals surface area contributed by atoms with Gasteiger partial charge < -0.3 is 15.2 Å². The fourth-order valence-corrected chi connectivity index (χ4v) is 4.74. The first kappa shape index (κ1) is 26.4. The maximum atomic E-state index is 14.0. The van der Waals surface area contributed by atoms with E-state index in [1.165, 1.54) is 5.56 Å². The van der Waals surface area contributed by atoms with E-state index in [-0.39, 0.29) is 17.9 Å². The van der Waals surface area contributed by atoms with Crippen LogP contribution in [0.4, 0.5) is 0 Å². The lowest BCUT2D eigenvalue weighted by Gasteiger charge is -2.35. The Balaban J connectivity index is 1.83. The first-order valence-corrected chi connectivity index (χ1v) is 13.3. The Morgan fingerprint density at radius 3 is 2.24 bits per heavy atom. The lowest BCUT2D eigenvalue weighted by atomic mass is 9.95. The molecule has 1 aromatic heterocycles. The van der Waals surface area contributed by atoms with Gasteiger partial charge in [-0.15, -0.1) is 0 Å². The van der Waals surface area contributed by atoms with Crippen LogP contribution >= 0.6 is 0 Å². The second-order valence-electron chi connectivity index (χ2n) is 9.80. The van der Waals surface area contributed by atoms with E-state index in [0.29, 0.717) is 25.2 Å². The Morgan fingerprint density at radius 2 is 1.62 bits per heavy atom. The Morgan fingerprint density at radius 1 is 0.973 bits per heavy atom. The summed E-state index contributed by atoms with van der Waals surface area (Å²) >= 11 is 0. The molecule has 192 valence electrons. The molecule has 2 unspecified atom stereocenters. The zero-order chi connectivity index (χ0) is 26.2. The molecule has 2 N–H and O–H groups in total. The molecule has 4 rings (SSSR count). The molecule has 5 heteroatoms. The van der Waals surface area contributed by atoms with Crippen LogP contribution in [0.5, 0.6) is 0 Å². The van der Waals surface area contributed by atoms with E-state index in [1.807, 2.05) is 60.4 Å². The molecule has 0 aliphatic heterocycles. The monoisotopic (exact) mass is 494 g/mol. The average Bonchev–Trinajstić information content (AvgIpc) is 3.34. The number of benzene rings is 3. The summed E-state index contributed by atoms with van der Waals surface area (Å²) in [4.78, 5) is 21.2. The van der Waals surface area contributed by atoms with E-state index in [9.17, 15) is 4.79 Å². The summed E-state index contributed by atoms with van der Waals surface area (Å²) in [7, 11) is 0. The van der Waals surface area contributed by atoms with Gasteiger partial charge in [0, 0.05) is 30.4 Å². The number of carbonyl (C=O) groups excluding carboxylic acids is 1. The Bertz CT molecular complexity index is 1270. The minimum absolute atomic E-state index is 0.0225. The SMILES string of the molecule is CCC(C)C(c1nc(-c2ccccc2)cn1Cc1ccccc1)N(CCCN)C(=O)c1ccc(C)cc1. The molecule has 0 spiro atoms. The van der Waals surface area contributed by atoms with Crippen LogP contribution in [0.2, 0.25) is 0 Å². The molecule has 4 aromatic rings. The van der Waals surface area contributed by atoms with Crippen molar-refractivity contribution in [2.75, 3.05) is 13.1 Å². The van der Waals surface area contributed by atoms with Gasteiger partial charge in [-0.1, -0.05) is 98.6 Å². The van der Waals surface area contributed by atoms with Gasteiger partial charge in [0.1, 0.15) is 5.82 Å². The predicted molar refractivity (Wildman–Crippen MR) is 151 cm³/mol. The van der Waals surface area contributed by atoms with Crippen molar-refractivity contribution in [1.29, 1.82) is 0 Å². The van der Waals surface area contributed by atoms with Gasteiger partial charge in [-0.3, -0.25) is 4.79 Å². The molecule has 0 radical (unpaired) electrons. The number of imidazole rings is 1. The maximum Gasteiger partial charge on any atom is 0.254 e. The number of amides is 1. The quantitative estimate of drug-likeness (QED) is 0.259. The molecule has 0 fully saturated rings. The Labute approximate surface area is 221 Å². The van der Waals surface area contributed by atoms with E-state index in [1.54, 1.807) is 0 Å². The maximum absolute atomic E-state index is 14.0. The first-order chi connectivity index (χ1) is 18.0. The standard InChI is InChI=1S/C32H38N4O/c1-4-25(3)30(36(21-11-20-33)32(37)28-18-16-24(2)17-19-28)31-34-29(27-14-9-6-10-15-27)23-35(31)22-26-12-7-5-8-13-26/h5-10,12-19,23,25,30H,4,11,20-22,33H2,1-3H3. The topological polar surface area (TPSA) is 64.2 Å². The molecule has 2 atom stereocenters. The fourth-order valence-electron chi connectivity index (χ4n) is 4.74. The van der Waals surface area contributed by atoms with E-state index in [2.05, 4.69) is 61.0 Å². The third kappa shape index (κ3) is 6.36. The molecule has 0 saturated carbocycles. The molecule has 1 amide bonds. The van der Waals surface area contributed by atoms with Gasteiger partial charge in [0.25, 0.3) is 5.91 Å². The summed E-state index contributed by atoms with van der Waals surface area (Å²) in [6.07, 6.45) is 3.78. The van der Waals surface area contributed by atoms with Crippen LogP contribution in [-0.2, 0) is 6.54 Å². The van der Waals surface area contributed by atoms with Gasteiger partial charge >= 0.3 is 0 Å². The Hall–Kier alpha value is -3.70. The van der Waals surface area contributed by atoms with Gasteiger partial charge in [-0.25, -0.2) is 4.98 Å². The third-order valence-corrected chi connectivity index (χ3v) is 7.02. The van der Waals surface area contributed by atoms with Crippen LogP contribution < -0.4 is 5.73 Å². The number of rotatable bonds is 11. The molecule has 0 aliphatic rings. The number of hydrogen-bond acceptors (Lipinski definition) is 3. The molecule has 5 nitrogen and oxygen atoms in total. The first-order valence-electron chi connectivity index (χ1n) is 13.3. The third-order valence-electron chi connectivity index (χ3n) is 7.02. The highest BCUT2D eigenvalue weighted by Crippen LogP contribution is 2.34. The van der Waals surface area contributed by atoms with Crippen LogP contribution in [0.1, 0.15) is 60.0 Å². The van der Waals surface area contributed by atoms with E-state index < -0.39 is 0 Å². The number of aromatic nitrogens is 2. The highest BCUT2D eigenvalue weighted by molar-refractivity contribution is 5.94. The van der Waals surface area contributed by atoms with Gasteiger partial charge in [0.2, 0.25) is 0 Å². The van der Waals surface area contributed by atoms with Crippen molar-refractivity contribution in [1.82, 2.24) is 14.5 Å². The second kappa shape index (κ2) is 12.5. The lowest BCUT2D eigenvalue weighted by Crippen LogP contribution is -2.40. The molecule has 3 aromatic carbocycles. The number of carbonyl (C=O) groups is 1. The molecular formula is C32H38N4O. The summed E-state index contributed by atoms with van der Waals surface area (Å²) in [6.45, 7) is 8.22. The van der Waals surface area contributed by atoms with Crippen molar-refractivity contribution >= 4 is 5.91 Å².